The number of ether oxygens (including phenoxy) is 1. The number of nitrogens with zero attached hydrogens (tertiary/aromatic N) is 1. The summed E-state index contributed by atoms with van der Waals surface area (Å²) in [6.07, 6.45) is 5.06. The monoisotopic (exact) mass is 467 g/mol. The number of anilines is 1. The lowest BCUT2D eigenvalue weighted by molar-refractivity contribution is -0.144. The van der Waals surface area contributed by atoms with Crippen LogP contribution in [0.4, 0.5) is 5.82 Å². The first-order chi connectivity index (χ1) is 16.5. The molecule has 0 saturated heterocycles. The van der Waals surface area contributed by atoms with E-state index in [1.165, 1.54) is 5.56 Å². The van der Waals surface area contributed by atoms with Crippen molar-refractivity contribution in [3.05, 3.63) is 59.3 Å². The van der Waals surface area contributed by atoms with Gasteiger partial charge in [0.25, 0.3) is 5.91 Å². The van der Waals surface area contributed by atoms with E-state index >= 15 is 0 Å². The van der Waals surface area contributed by atoms with Crippen LogP contribution >= 0.6 is 0 Å². The van der Waals surface area contributed by atoms with Crippen LogP contribution in [0.3, 0.4) is 0 Å². The number of carbonyl (C=O) groups is 2. The Morgan fingerprint density at radius 3 is 2.74 bits per heavy atom. The summed E-state index contributed by atoms with van der Waals surface area (Å²) in [4.78, 5) is 28.6. The molecule has 1 aliphatic carbocycles. The van der Waals surface area contributed by atoms with Crippen molar-refractivity contribution in [2.75, 3.05) is 18.5 Å². The first kappa shape index (κ1) is 24.2. The van der Waals surface area contributed by atoms with Crippen molar-refractivity contribution in [1.29, 1.82) is 0 Å². The lowest BCUT2D eigenvalue weighted by Crippen LogP contribution is -2.44. The number of carbonyl (C=O) groups excluding carboxylic acids is 1. The Labute approximate surface area is 199 Å². The van der Waals surface area contributed by atoms with E-state index in [1.807, 2.05) is 0 Å². The molecule has 34 heavy (non-hydrogen) atoms. The number of pyridine rings is 1. The molecule has 8 heteroatoms. The average molecular weight is 468 g/mol. The molecule has 1 saturated carbocycles. The highest BCUT2D eigenvalue weighted by Gasteiger charge is 2.30. The van der Waals surface area contributed by atoms with Gasteiger partial charge in [0.1, 0.15) is 11.9 Å². The highest BCUT2D eigenvalue weighted by Crippen LogP contribution is 2.34. The number of fused-ring (bicyclic) bond motifs is 1. The lowest BCUT2D eigenvalue weighted by Gasteiger charge is -2.35. The summed E-state index contributed by atoms with van der Waals surface area (Å²) in [6, 6.07) is 11.6. The number of carboxylic acid groups (broad SMARTS) is 1. The van der Waals surface area contributed by atoms with E-state index in [0.29, 0.717) is 11.5 Å². The molecule has 4 rings (SSSR count). The normalized spacial score (nSPS) is 20.9. The van der Waals surface area contributed by atoms with E-state index in [2.05, 4.69) is 22.8 Å². The largest absolute Gasteiger partial charge is 0.480 e. The highest BCUT2D eigenvalue weighted by atomic mass is 16.5. The molecular formula is C26H33N3O5. The summed E-state index contributed by atoms with van der Waals surface area (Å²) in [5, 5.41) is 25.4. The van der Waals surface area contributed by atoms with Crippen molar-refractivity contribution < 1.29 is 24.5 Å². The van der Waals surface area contributed by atoms with Crippen molar-refractivity contribution in [2.45, 2.75) is 63.2 Å². The van der Waals surface area contributed by atoms with Crippen LogP contribution in [0, 0.1) is 5.92 Å². The number of benzene rings is 1. The smallest absolute Gasteiger partial charge is 0.326 e. The maximum absolute atomic E-state index is 12.3. The van der Waals surface area contributed by atoms with Gasteiger partial charge in [0, 0.05) is 25.3 Å². The number of hydrogen-bond acceptors (Lipinski definition) is 6. The van der Waals surface area contributed by atoms with Crippen LogP contribution in [0.5, 0.6) is 0 Å². The molecule has 1 aliphatic heterocycles. The van der Waals surface area contributed by atoms with E-state index in [0.717, 1.165) is 56.6 Å². The predicted molar refractivity (Wildman–Crippen MR) is 127 cm³/mol. The maximum Gasteiger partial charge on any atom is 0.326 e. The summed E-state index contributed by atoms with van der Waals surface area (Å²) >= 11 is 0. The van der Waals surface area contributed by atoms with Gasteiger partial charge in [0.2, 0.25) is 0 Å². The quantitative estimate of drug-likeness (QED) is 0.401. The Balaban J connectivity index is 1.14. The van der Waals surface area contributed by atoms with E-state index in [1.54, 1.807) is 30.3 Å². The molecular weight excluding hydrogens is 434 g/mol. The predicted octanol–water partition coefficient (Wildman–Crippen LogP) is 2.86. The molecule has 4 N–H and O–H groups in total. The maximum atomic E-state index is 12.3. The number of nitrogens with one attached hydrogen (secondary N) is 2. The molecule has 2 atom stereocenters. The zero-order valence-electron chi connectivity index (χ0n) is 19.3. The Morgan fingerprint density at radius 2 is 1.97 bits per heavy atom. The first-order valence-corrected chi connectivity index (χ1v) is 12.1. The van der Waals surface area contributed by atoms with Crippen LogP contribution in [0.15, 0.2) is 42.5 Å². The van der Waals surface area contributed by atoms with Crippen molar-refractivity contribution in [1.82, 2.24) is 10.3 Å². The van der Waals surface area contributed by atoms with Gasteiger partial charge in [0.05, 0.1) is 6.10 Å². The molecule has 0 radical (unpaired) electrons. The van der Waals surface area contributed by atoms with E-state index in [-0.39, 0.29) is 19.1 Å². The zero-order valence-corrected chi connectivity index (χ0v) is 19.3. The summed E-state index contributed by atoms with van der Waals surface area (Å²) in [5.74, 6) is -0.245. The van der Waals surface area contributed by atoms with Crippen LogP contribution in [0.2, 0.25) is 0 Å². The Morgan fingerprint density at radius 1 is 1.18 bits per heavy atom. The molecule has 0 spiro atoms. The Kier molecular flexibility index (Phi) is 8.13. The molecule has 2 aliphatic rings. The molecule has 1 aromatic heterocycles. The topological polar surface area (TPSA) is 121 Å². The number of hydrogen-bond donors (Lipinski definition) is 4. The molecule has 2 aromatic rings. The van der Waals surface area contributed by atoms with Crippen molar-refractivity contribution in [3.63, 3.8) is 0 Å². The number of aliphatic hydroxyl groups is 1. The fourth-order valence-corrected chi connectivity index (χ4v) is 4.55. The minimum Gasteiger partial charge on any atom is -0.480 e. The van der Waals surface area contributed by atoms with E-state index in [4.69, 9.17) is 9.72 Å². The molecule has 1 aromatic carbocycles. The fraction of sp³-hybridized carbons (Fsp3) is 0.500. The second-order valence-electron chi connectivity index (χ2n) is 9.21. The summed E-state index contributed by atoms with van der Waals surface area (Å²) < 4.78 is 5.84. The number of aliphatic hydroxyl groups excluding tert-OH is 1. The van der Waals surface area contributed by atoms with Gasteiger partial charge in [-0.1, -0.05) is 36.4 Å². The second kappa shape index (κ2) is 11.4. The first-order valence-electron chi connectivity index (χ1n) is 12.1. The third-order valence-corrected chi connectivity index (χ3v) is 6.69. The fourth-order valence-electron chi connectivity index (χ4n) is 4.55. The summed E-state index contributed by atoms with van der Waals surface area (Å²) in [5.41, 5.74) is 2.84. The molecule has 8 nitrogen and oxygen atoms in total. The second-order valence-corrected chi connectivity index (χ2v) is 9.21. The zero-order chi connectivity index (χ0) is 23.9. The van der Waals surface area contributed by atoms with Gasteiger partial charge in [-0.25, -0.2) is 9.78 Å². The van der Waals surface area contributed by atoms with Crippen LogP contribution in [0.25, 0.3) is 0 Å². The van der Waals surface area contributed by atoms with Crippen molar-refractivity contribution in [2.24, 2.45) is 5.92 Å². The van der Waals surface area contributed by atoms with Gasteiger partial charge in [0.15, 0.2) is 6.10 Å². The number of aryl methyl sites for hydroxylation is 2. The van der Waals surface area contributed by atoms with Crippen LogP contribution < -0.4 is 10.6 Å². The third kappa shape index (κ3) is 6.33. The van der Waals surface area contributed by atoms with Crippen molar-refractivity contribution in [3.8, 4) is 0 Å². The van der Waals surface area contributed by atoms with Crippen molar-refractivity contribution >= 4 is 17.7 Å². The number of rotatable bonds is 11. The van der Waals surface area contributed by atoms with Crippen LogP contribution in [0.1, 0.15) is 55.0 Å². The molecule has 1 amide bonds. The SMILES string of the molecule is O=C(O)C(CCO[C@H]1C[C@H](CCc2ccc3c(n2)NCCC3)C1)NC(=O)C(O)c1ccccc1. The molecule has 2 unspecified atom stereocenters. The number of aliphatic carboxylic acids is 1. The van der Waals surface area contributed by atoms with Gasteiger partial charge in [-0.15, -0.1) is 0 Å². The summed E-state index contributed by atoms with van der Waals surface area (Å²) in [6.45, 7) is 1.24. The summed E-state index contributed by atoms with van der Waals surface area (Å²) in [7, 11) is 0. The minimum absolute atomic E-state index is 0.128. The standard InChI is InChI=1S/C26H33N3O5/c30-23(18-5-2-1-3-6-18)25(31)29-22(26(32)33)12-14-34-21-15-17(16-21)8-10-20-11-9-19-7-4-13-27-24(19)28-20/h1-3,5-6,9,11,17,21-23,30H,4,7-8,10,12-16H2,(H,27,28)(H,29,31)(H,32,33)/t17-,21-,22?,23?. The highest BCUT2D eigenvalue weighted by molar-refractivity contribution is 5.86. The van der Waals surface area contributed by atoms with Crippen LogP contribution in [-0.2, 0) is 27.2 Å². The molecule has 182 valence electrons. The molecule has 2 heterocycles. The number of amides is 1. The van der Waals surface area contributed by atoms with Gasteiger partial charge < -0.3 is 25.6 Å². The van der Waals surface area contributed by atoms with Gasteiger partial charge in [-0.2, -0.15) is 0 Å². The number of carboxylic acids is 1. The lowest BCUT2D eigenvalue weighted by atomic mass is 9.79. The third-order valence-electron chi connectivity index (χ3n) is 6.69. The van der Waals surface area contributed by atoms with Gasteiger partial charge in [-0.3, -0.25) is 4.79 Å². The Hall–Kier alpha value is -2.97. The van der Waals surface area contributed by atoms with E-state index < -0.39 is 24.0 Å². The number of aromatic nitrogens is 1. The molecule has 0 bridgehead atoms. The minimum atomic E-state index is -1.41. The Bertz CT molecular complexity index is 978. The van der Waals surface area contributed by atoms with Crippen LogP contribution in [-0.4, -0.2) is 52.4 Å². The van der Waals surface area contributed by atoms with Gasteiger partial charge in [-0.05, 0) is 61.6 Å². The molecule has 1 fully saturated rings. The average Bonchev–Trinajstić information content (AvgIpc) is 2.83. The van der Waals surface area contributed by atoms with E-state index in [9.17, 15) is 19.8 Å². The van der Waals surface area contributed by atoms with Gasteiger partial charge >= 0.3 is 5.97 Å².